The van der Waals surface area contributed by atoms with Gasteiger partial charge in [-0.25, -0.2) is 4.79 Å². The van der Waals surface area contributed by atoms with Crippen LogP contribution < -0.4 is 0 Å². The molecule has 1 N–H and O–H groups in total. The first-order valence-electron chi connectivity index (χ1n) is 10.7. The van der Waals surface area contributed by atoms with Crippen LogP contribution in [-0.4, -0.2) is 32.8 Å². The van der Waals surface area contributed by atoms with Gasteiger partial charge in [-0.3, -0.25) is 4.90 Å². The van der Waals surface area contributed by atoms with Crippen molar-refractivity contribution in [1.29, 1.82) is 0 Å². The zero-order valence-corrected chi connectivity index (χ0v) is 18.4. The summed E-state index contributed by atoms with van der Waals surface area (Å²) in [5.41, 5.74) is 0.612. The Balaban J connectivity index is 1.75. The number of nitrogens with zero attached hydrogens (tertiary/aromatic N) is 3. The van der Waals surface area contributed by atoms with E-state index < -0.39 is 11.6 Å². The summed E-state index contributed by atoms with van der Waals surface area (Å²) in [6.07, 6.45) is 5.50. The number of aromatic nitrogens is 2. The lowest BCUT2D eigenvalue weighted by Gasteiger charge is -2.55. The van der Waals surface area contributed by atoms with Crippen LogP contribution in [0.25, 0.3) is 11.4 Å². The number of hydrogen-bond donors (Lipinski definition) is 1. The minimum Gasteiger partial charge on any atom is -0.465 e. The third-order valence-electron chi connectivity index (χ3n) is 5.94. The minimum atomic E-state index is -0.964. The fraction of sp³-hybridized carbons (Fsp3) is 0.542. The molecule has 30 heavy (non-hydrogen) atoms. The molecule has 1 atom stereocenters. The maximum absolute atomic E-state index is 11.7. The van der Waals surface area contributed by atoms with E-state index in [4.69, 9.17) is 4.52 Å². The highest BCUT2D eigenvalue weighted by Gasteiger charge is 2.60. The van der Waals surface area contributed by atoms with Crippen molar-refractivity contribution in [3.63, 3.8) is 0 Å². The van der Waals surface area contributed by atoms with E-state index in [1.807, 2.05) is 45.0 Å². The van der Waals surface area contributed by atoms with Gasteiger partial charge in [-0.05, 0) is 42.5 Å². The van der Waals surface area contributed by atoms with Gasteiger partial charge in [0.2, 0.25) is 5.82 Å². The number of carbonyl (C=O) groups is 1. The molecule has 2 aromatic rings. The summed E-state index contributed by atoms with van der Waals surface area (Å²) in [6.45, 7) is 8.68. The number of likely N-dealkylation sites (tertiary alicyclic amines) is 1. The molecule has 0 saturated carbocycles. The van der Waals surface area contributed by atoms with Crippen molar-refractivity contribution in [3.05, 3.63) is 35.7 Å². The highest BCUT2D eigenvalue weighted by molar-refractivity contribution is 5.68. The fourth-order valence-electron chi connectivity index (χ4n) is 4.05. The Kier molecular flexibility index (Phi) is 6.50. The van der Waals surface area contributed by atoms with Gasteiger partial charge in [0.05, 0.1) is 0 Å². The Labute approximate surface area is 178 Å². The Morgan fingerprint density at radius 3 is 2.53 bits per heavy atom. The van der Waals surface area contributed by atoms with E-state index in [1.54, 1.807) is 0 Å². The van der Waals surface area contributed by atoms with Crippen molar-refractivity contribution in [2.45, 2.75) is 71.8 Å². The molecule has 0 bridgehead atoms. The largest absolute Gasteiger partial charge is 0.465 e. The summed E-state index contributed by atoms with van der Waals surface area (Å²) in [7, 11) is 0. The SMILES string of the molecule is CCCCCCC#Cc1ccc(-c2noc([C@@]3(C(C)(C)C)CCN3C(=O)O)n2)cc1. The number of carboxylic acid groups (broad SMARTS) is 1. The maximum Gasteiger partial charge on any atom is 0.408 e. The number of hydrogen-bond acceptors (Lipinski definition) is 4. The summed E-state index contributed by atoms with van der Waals surface area (Å²) in [4.78, 5) is 17.7. The van der Waals surface area contributed by atoms with E-state index >= 15 is 0 Å². The van der Waals surface area contributed by atoms with Gasteiger partial charge in [0.15, 0.2) is 0 Å². The molecular formula is C24H31N3O3. The highest BCUT2D eigenvalue weighted by Crippen LogP contribution is 2.52. The number of unbranched alkanes of at least 4 members (excludes halogenated alkanes) is 4. The molecule has 160 valence electrons. The molecule has 2 heterocycles. The van der Waals surface area contributed by atoms with Crippen molar-refractivity contribution < 1.29 is 14.4 Å². The number of amides is 1. The second-order valence-corrected chi connectivity index (χ2v) is 8.91. The molecule has 1 aromatic carbocycles. The first-order chi connectivity index (χ1) is 14.3. The van der Waals surface area contributed by atoms with Crippen LogP contribution >= 0.6 is 0 Å². The molecule has 0 aliphatic carbocycles. The normalized spacial score (nSPS) is 18.5. The van der Waals surface area contributed by atoms with Crippen LogP contribution in [0.15, 0.2) is 28.8 Å². The Morgan fingerprint density at radius 1 is 1.23 bits per heavy atom. The highest BCUT2D eigenvalue weighted by atomic mass is 16.5. The van der Waals surface area contributed by atoms with Crippen molar-refractivity contribution in [1.82, 2.24) is 15.0 Å². The molecule has 0 unspecified atom stereocenters. The molecule has 1 amide bonds. The van der Waals surface area contributed by atoms with E-state index in [9.17, 15) is 9.90 Å². The van der Waals surface area contributed by atoms with E-state index in [2.05, 4.69) is 28.9 Å². The van der Waals surface area contributed by atoms with Crippen LogP contribution in [0.2, 0.25) is 0 Å². The summed E-state index contributed by atoms with van der Waals surface area (Å²) in [5.74, 6) is 7.25. The predicted molar refractivity (Wildman–Crippen MR) is 116 cm³/mol. The van der Waals surface area contributed by atoms with E-state index in [-0.39, 0.29) is 5.41 Å². The molecule has 1 aromatic heterocycles. The molecule has 3 rings (SSSR count). The zero-order valence-electron chi connectivity index (χ0n) is 18.4. The third kappa shape index (κ3) is 4.21. The lowest BCUT2D eigenvalue weighted by Crippen LogP contribution is -2.65. The van der Waals surface area contributed by atoms with Gasteiger partial charge in [0.1, 0.15) is 5.54 Å². The summed E-state index contributed by atoms with van der Waals surface area (Å²) in [6, 6.07) is 7.76. The Hall–Kier alpha value is -2.81. The minimum absolute atomic E-state index is 0.356. The average molecular weight is 410 g/mol. The second kappa shape index (κ2) is 8.91. The molecule has 1 aliphatic heterocycles. The van der Waals surface area contributed by atoms with Crippen LogP contribution in [0.4, 0.5) is 4.79 Å². The smallest absolute Gasteiger partial charge is 0.408 e. The van der Waals surface area contributed by atoms with Gasteiger partial charge in [-0.2, -0.15) is 4.98 Å². The first kappa shape index (κ1) is 21.9. The van der Waals surface area contributed by atoms with Crippen LogP contribution in [0.3, 0.4) is 0 Å². The summed E-state index contributed by atoms with van der Waals surface area (Å²) < 4.78 is 5.58. The molecule has 1 aliphatic rings. The quantitative estimate of drug-likeness (QED) is 0.490. The van der Waals surface area contributed by atoms with Crippen LogP contribution in [0.5, 0.6) is 0 Å². The van der Waals surface area contributed by atoms with Crippen molar-refractivity contribution in [2.75, 3.05) is 6.54 Å². The Bertz CT molecular complexity index is 931. The topological polar surface area (TPSA) is 79.5 Å². The molecule has 6 heteroatoms. The lowest BCUT2D eigenvalue weighted by atomic mass is 9.65. The number of rotatable bonds is 6. The molecule has 0 radical (unpaired) electrons. The van der Waals surface area contributed by atoms with Gasteiger partial charge in [-0.1, -0.05) is 64.0 Å². The van der Waals surface area contributed by atoms with Gasteiger partial charge in [0, 0.05) is 24.1 Å². The molecule has 1 saturated heterocycles. The molecular weight excluding hydrogens is 378 g/mol. The van der Waals surface area contributed by atoms with E-state index in [0.717, 1.165) is 24.0 Å². The third-order valence-corrected chi connectivity index (χ3v) is 5.94. The monoisotopic (exact) mass is 409 g/mol. The van der Waals surface area contributed by atoms with Gasteiger partial charge >= 0.3 is 6.09 Å². The second-order valence-electron chi connectivity index (χ2n) is 8.91. The molecule has 0 spiro atoms. The van der Waals surface area contributed by atoms with Crippen LogP contribution in [0.1, 0.15) is 77.7 Å². The summed E-state index contributed by atoms with van der Waals surface area (Å²) >= 11 is 0. The van der Waals surface area contributed by atoms with Gasteiger partial charge in [-0.15, -0.1) is 0 Å². The van der Waals surface area contributed by atoms with Crippen LogP contribution in [0, 0.1) is 17.3 Å². The average Bonchev–Trinajstić information content (AvgIpc) is 3.13. The number of benzene rings is 1. The van der Waals surface area contributed by atoms with Crippen molar-refractivity contribution >= 4 is 6.09 Å². The van der Waals surface area contributed by atoms with Gasteiger partial charge < -0.3 is 9.63 Å². The zero-order chi connectivity index (χ0) is 21.8. The predicted octanol–water partition coefficient (Wildman–Crippen LogP) is 5.68. The maximum atomic E-state index is 11.7. The molecule has 6 nitrogen and oxygen atoms in total. The Morgan fingerprint density at radius 2 is 1.97 bits per heavy atom. The van der Waals surface area contributed by atoms with Crippen molar-refractivity contribution in [2.24, 2.45) is 5.41 Å². The van der Waals surface area contributed by atoms with E-state index in [0.29, 0.717) is 24.7 Å². The van der Waals surface area contributed by atoms with Crippen LogP contribution in [-0.2, 0) is 5.54 Å². The first-order valence-corrected chi connectivity index (χ1v) is 10.7. The van der Waals surface area contributed by atoms with E-state index in [1.165, 1.54) is 24.2 Å². The van der Waals surface area contributed by atoms with Gasteiger partial charge in [0.25, 0.3) is 5.89 Å². The summed E-state index contributed by atoms with van der Waals surface area (Å²) in [5, 5.41) is 13.7. The lowest BCUT2D eigenvalue weighted by molar-refractivity contribution is -0.0969. The fourth-order valence-corrected chi connectivity index (χ4v) is 4.05. The van der Waals surface area contributed by atoms with Crippen molar-refractivity contribution in [3.8, 4) is 23.2 Å². The standard InChI is InChI=1S/C24H31N3O3/c1-5-6-7-8-9-10-11-18-12-14-19(15-13-18)20-25-21(30-26-20)24(23(2,3)4)16-17-27(24)22(28)29/h12-15H,5-9,16-17H2,1-4H3,(H,28,29)/t24-/m1/s1. The molecule has 1 fully saturated rings.